The molecule has 1 aromatic carbocycles. The molecule has 3 N–H and O–H groups in total. The van der Waals surface area contributed by atoms with Crippen LogP contribution in [0.1, 0.15) is 25.7 Å². The Balaban J connectivity index is 2.23. The van der Waals surface area contributed by atoms with Crippen LogP contribution in [0.25, 0.3) is 0 Å². The van der Waals surface area contributed by atoms with Crippen LogP contribution in [-0.4, -0.2) is 12.1 Å². The molecule has 0 spiro atoms. The van der Waals surface area contributed by atoms with Crippen molar-refractivity contribution in [2.24, 2.45) is 5.73 Å². The SMILES string of the molecule is NC1CCCC(Nc2c(F)c(F)cc(F)c2F)C1. The first kappa shape index (κ1) is 13.1. The second kappa shape index (κ2) is 5.14. The van der Waals surface area contributed by atoms with Gasteiger partial charge in [0.2, 0.25) is 0 Å². The molecule has 0 aromatic heterocycles. The van der Waals surface area contributed by atoms with Crippen molar-refractivity contribution in [3.63, 3.8) is 0 Å². The zero-order valence-corrected chi connectivity index (χ0v) is 9.65. The third-order valence-corrected chi connectivity index (χ3v) is 3.18. The van der Waals surface area contributed by atoms with Crippen molar-refractivity contribution >= 4 is 5.69 Å². The van der Waals surface area contributed by atoms with Crippen LogP contribution in [0.2, 0.25) is 0 Å². The second-order valence-electron chi connectivity index (χ2n) is 4.61. The highest BCUT2D eigenvalue weighted by molar-refractivity contribution is 5.48. The lowest BCUT2D eigenvalue weighted by atomic mass is 9.91. The molecule has 2 atom stereocenters. The Bertz CT molecular complexity index is 424. The van der Waals surface area contributed by atoms with E-state index in [9.17, 15) is 17.6 Å². The fourth-order valence-electron chi connectivity index (χ4n) is 2.26. The van der Waals surface area contributed by atoms with Crippen molar-refractivity contribution in [1.29, 1.82) is 0 Å². The third kappa shape index (κ3) is 2.58. The van der Waals surface area contributed by atoms with Gasteiger partial charge in [0.05, 0.1) is 0 Å². The molecule has 0 saturated heterocycles. The fourth-order valence-corrected chi connectivity index (χ4v) is 2.26. The number of benzene rings is 1. The van der Waals surface area contributed by atoms with Crippen LogP contribution in [0, 0.1) is 23.3 Å². The summed E-state index contributed by atoms with van der Waals surface area (Å²) < 4.78 is 52.8. The topological polar surface area (TPSA) is 38.0 Å². The van der Waals surface area contributed by atoms with E-state index in [0.717, 1.165) is 12.8 Å². The Morgan fingerprint density at radius 3 is 2.22 bits per heavy atom. The van der Waals surface area contributed by atoms with Gasteiger partial charge in [0.25, 0.3) is 0 Å². The molecule has 100 valence electrons. The molecular weight excluding hydrogens is 248 g/mol. The van der Waals surface area contributed by atoms with Crippen molar-refractivity contribution in [1.82, 2.24) is 0 Å². The highest BCUT2D eigenvalue weighted by Gasteiger charge is 2.24. The molecule has 6 heteroatoms. The molecule has 2 rings (SSSR count). The number of halogens is 4. The summed E-state index contributed by atoms with van der Waals surface area (Å²) in [5, 5.41) is 2.52. The Labute approximate surface area is 102 Å². The predicted octanol–water partition coefficient (Wildman–Crippen LogP) is 2.92. The lowest BCUT2D eigenvalue weighted by Crippen LogP contribution is -2.35. The molecule has 1 aliphatic carbocycles. The Morgan fingerprint density at radius 1 is 1.06 bits per heavy atom. The van der Waals surface area contributed by atoms with Gasteiger partial charge in [-0.05, 0) is 25.7 Å². The monoisotopic (exact) mass is 262 g/mol. The van der Waals surface area contributed by atoms with Gasteiger partial charge in [0, 0.05) is 18.2 Å². The van der Waals surface area contributed by atoms with Gasteiger partial charge in [0.15, 0.2) is 23.3 Å². The fraction of sp³-hybridized carbons (Fsp3) is 0.500. The molecule has 18 heavy (non-hydrogen) atoms. The van der Waals surface area contributed by atoms with Crippen LogP contribution in [0.5, 0.6) is 0 Å². The van der Waals surface area contributed by atoms with E-state index in [1.807, 2.05) is 0 Å². The van der Waals surface area contributed by atoms with Crippen molar-refractivity contribution in [3.05, 3.63) is 29.3 Å². The second-order valence-corrected chi connectivity index (χ2v) is 4.61. The van der Waals surface area contributed by atoms with Crippen molar-refractivity contribution in [3.8, 4) is 0 Å². The van der Waals surface area contributed by atoms with Gasteiger partial charge < -0.3 is 11.1 Å². The van der Waals surface area contributed by atoms with E-state index in [1.165, 1.54) is 0 Å². The smallest absolute Gasteiger partial charge is 0.185 e. The zero-order chi connectivity index (χ0) is 13.3. The highest BCUT2D eigenvalue weighted by atomic mass is 19.2. The average molecular weight is 262 g/mol. The zero-order valence-electron chi connectivity index (χ0n) is 9.65. The minimum Gasteiger partial charge on any atom is -0.377 e. The average Bonchev–Trinajstić information content (AvgIpc) is 2.32. The molecule has 0 amide bonds. The standard InChI is InChI=1S/C12H14F4N2/c13-8-5-9(14)11(16)12(10(8)15)18-7-3-1-2-6(17)4-7/h5-7,18H,1-4,17H2. The van der Waals surface area contributed by atoms with E-state index in [1.54, 1.807) is 0 Å². The van der Waals surface area contributed by atoms with Crippen LogP contribution in [0.3, 0.4) is 0 Å². The molecule has 1 aliphatic rings. The van der Waals surface area contributed by atoms with Crippen LogP contribution in [0.4, 0.5) is 23.2 Å². The lowest BCUT2D eigenvalue weighted by Gasteiger charge is -2.28. The van der Waals surface area contributed by atoms with E-state index in [-0.39, 0.29) is 18.2 Å². The molecular formula is C12H14F4N2. The first-order valence-corrected chi connectivity index (χ1v) is 5.84. The Hall–Kier alpha value is -1.30. The lowest BCUT2D eigenvalue weighted by molar-refractivity contribution is 0.402. The molecule has 0 heterocycles. The minimum absolute atomic E-state index is 0.0548. The van der Waals surface area contributed by atoms with E-state index >= 15 is 0 Å². The summed E-state index contributed by atoms with van der Waals surface area (Å²) in [5.41, 5.74) is 5.00. The predicted molar refractivity (Wildman–Crippen MR) is 60.1 cm³/mol. The summed E-state index contributed by atoms with van der Waals surface area (Å²) >= 11 is 0. The Kier molecular flexibility index (Phi) is 3.75. The largest absolute Gasteiger partial charge is 0.377 e. The summed E-state index contributed by atoms with van der Waals surface area (Å²) in [6, 6.07) is -0.123. The quantitative estimate of drug-likeness (QED) is 0.635. The van der Waals surface area contributed by atoms with Gasteiger partial charge in [-0.3, -0.25) is 0 Å². The number of anilines is 1. The van der Waals surface area contributed by atoms with Gasteiger partial charge in [-0.2, -0.15) is 0 Å². The summed E-state index contributed by atoms with van der Waals surface area (Å²) in [4.78, 5) is 0. The summed E-state index contributed by atoms with van der Waals surface area (Å²) in [6.07, 6.45) is 2.86. The number of nitrogens with one attached hydrogen (secondary N) is 1. The molecule has 1 saturated carbocycles. The van der Waals surface area contributed by atoms with Crippen LogP contribution < -0.4 is 11.1 Å². The number of nitrogens with two attached hydrogens (primary N) is 1. The van der Waals surface area contributed by atoms with E-state index in [2.05, 4.69) is 5.32 Å². The van der Waals surface area contributed by atoms with Crippen LogP contribution in [-0.2, 0) is 0 Å². The van der Waals surface area contributed by atoms with Gasteiger partial charge >= 0.3 is 0 Å². The minimum atomic E-state index is -1.41. The number of hydrogen-bond acceptors (Lipinski definition) is 2. The molecule has 2 nitrogen and oxygen atoms in total. The summed E-state index contributed by atoms with van der Waals surface area (Å²) in [6.45, 7) is 0. The van der Waals surface area contributed by atoms with Gasteiger partial charge in [-0.1, -0.05) is 0 Å². The third-order valence-electron chi connectivity index (χ3n) is 3.18. The number of rotatable bonds is 2. The van der Waals surface area contributed by atoms with Crippen LogP contribution >= 0.6 is 0 Å². The summed E-state index contributed by atoms with van der Waals surface area (Å²) in [5.74, 6) is -5.60. The van der Waals surface area contributed by atoms with E-state index in [4.69, 9.17) is 5.73 Å². The maximum Gasteiger partial charge on any atom is 0.185 e. The molecule has 0 aliphatic heterocycles. The highest BCUT2D eigenvalue weighted by Crippen LogP contribution is 2.27. The Morgan fingerprint density at radius 2 is 1.67 bits per heavy atom. The normalized spacial score (nSPS) is 24.1. The van der Waals surface area contributed by atoms with Crippen molar-refractivity contribution in [2.45, 2.75) is 37.8 Å². The molecule has 2 unspecified atom stereocenters. The van der Waals surface area contributed by atoms with E-state index in [0.29, 0.717) is 12.8 Å². The first-order chi connectivity index (χ1) is 8.49. The first-order valence-electron chi connectivity index (χ1n) is 5.84. The van der Waals surface area contributed by atoms with E-state index < -0.39 is 29.0 Å². The van der Waals surface area contributed by atoms with Gasteiger partial charge in [-0.25, -0.2) is 17.6 Å². The van der Waals surface area contributed by atoms with Gasteiger partial charge in [-0.15, -0.1) is 0 Å². The number of hydrogen-bond donors (Lipinski definition) is 2. The maximum absolute atomic E-state index is 13.4. The van der Waals surface area contributed by atoms with Crippen LogP contribution in [0.15, 0.2) is 6.07 Å². The van der Waals surface area contributed by atoms with Crippen molar-refractivity contribution < 1.29 is 17.6 Å². The molecule has 0 bridgehead atoms. The van der Waals surface area contributed by atoms with Crippen molar-refractivity contribution in [2.75, 3.05) is 5.32 Å². The maximum atomic E-state index is 13.4. The molecule has 1 fully saturated rings. The van der Waals surface area contributed by atoms with Gasteiger partial charge in [0.1, 0.15) is 5.69 Å². The molecule has 0 radical (unpaired) electrons. The molecule has 1 aromatic rings. The summed E-state index contributed by atoms with van der Waals surface area (Å²) in [7, 11) is 0.